The fraction of sp³-hybridized carbons (Fsp3) is 0.333. The molecule has 0 spiro atoms. The largest absolute Gasteiger partial charge is 0.477 e. The summed E-state index contributed by atoms with van der Waals surface area (Å²) >= 11 is 1.21. The van der Waals surface area contributed by atoms with Crippen molar-refractivity contribution in [3.63, 3.8) is 0 Å². The summed E-state index contributed by atoms with van der Waals surface area (Å²) in [6.07, 6.45) is 1.50. The van der Waals surface area contributed by atoms with E-state index < -0.39 is 17.4 Å². The topological polar surface area (TPSA) is 98.0 Å². The van der Waals surface area contributed by atoms with E-state index in [1.165, 1.54) is 24.9 Å². The van der Waals surface area contributed by atoms with Gasteiger partial charge < -0.3 is 14.5 Å². The van der Waals surface area contributed by atoms with Gasteiger partial charge in [0.1, 0.15) is 10.6 Å². The average Bonchev–Trinajstić information content (AvgIpc) is 2.81. The van der Waals surface area contributed by atoms with Crippen LogP contribution in [0.3, 0.4) is 0 Å². The number of carbonyl (C=O) groups is 2. The van der Waals surface area contributed by atoms with Gasteiger partial charge in [0.15, 0.2) is 0 Å². The fourth-order valence-corrected chi connectivity index (χ4v) is 2.94. The van der Waals surface area contributed by atoms with E-state index >= 15 is 0 Å². The number of pyridine rings is 1. The zero-order valence-electron chi connectivity index (χ0n) is 10.9. The van der Waals surface area contributed by atoms with E-state index in [0.717, 1.165) is 0 Å². The van der Waals surface area contributed by atoms with Crippen molar-refractivity contribution in [1.29, 1.82) is 0 Å². The molecular weight excluding hydrogens is 284 g/mol. The molecule has 1 aromatic heterocycles. The first-order valence-electron chi connectivity index (χ1n) is 5.86. The van der Waals surface area contributed by atoms with Crippen LogP contribution < -0.4 is 5.43 Å². The summed E-state index contributed by atoms with van der Waals surface area (Å²) in [6, 6.07) is 0. The Morgan fingerprint density at radius 1 is 1.55 bits per heavy atom. The molecule has 0 amide bonds. The maximum atomic E-state index is 12.1. The lowest BCUT2D eigenvalue weighted by atomic mass is 10.1. The van der Waals surface area contributed by atoms with Gasteiger partial charge in [-0.05, 0) is 6.92 Å². The summed E-state index contributed by atoms with van der Waals surface area (Å²) in [4.78, 5) is 38.4. The molecule has 0 radical (unpaired) electrons. The molecule has 0 fully saturated rings. The number of hydrogen-bond acceptors (Lipinski definition) is 6. The van der Waals surface area contributed by atoms with E-state index in [-0.39, 0.29) is 12.0 Å². The number of aryl methyl sites for hydroxylation is 1. The molecule has 0 unspecified atom stereocenters. The summed E-state index contributed by atoms with van der Waals surface area (Å²) in [5, 5.41) is 13.8. The lowest BCUT2D eigenvalue weighted by Crippen LogP contribution is -2.22. The normalized spacial score (nSPS) is 15.2. The number of carboxylic acids is 1. The predicted molar refractivity (Wildman–Crippen MR) is 72.1 cm³/mol. The Labute approximate surface area is 118 Å². The SMILES string of the molecule is CCn1cc(C(=O)O)c(=O)c2c1SC(=NOC(C)=O)C2. The molecule has 8 heteroatoms. The number of nitrogens with zero attached hydrogens (tertiary/aromatic N) is 2. The molecule has 1 N–H and O–H groups in total. The van der Waals surface area contributed by atoms with Crippen LogP contribution in [0.1, 0.15) is 29.8 Å². The zero-order valence-corrected chi connectivity index (χ0v) is 11.7. The van der Waals surface area contributed by atoms with Crippen LogP contribution in [0.5, 0.6) is 0 Å². The molecule has 106 valence electrons. The Balaban J connectivity index is 2.48. The van der Waals surface area contributed by atoms with Crippen molar-refractivity contribution in [2.75, 3.05) is 0 Å². The summed E-state index contributed by atoms with van der Waals surface area (Å²) in [5.74, 6) is -1.80. The maximum absolute atomic E-state index is 12.1. The third kappa shape index (κ3) is 2.60. The number of carboxylic acid groups (broad SMARTS) is 1. The van der Waals surface area contributed by atoms with Gasteiger partial charge in [0, 0.05) is 31.6 Å². The molecule has 1 aliphatic rings. The van der Waals surface area contributed by atoms with Crippen LogP contribution in [0.2, 0.25) is 0 Å². The first-order valence-corrected chi connectivity index (χ1v) is 6.67. The van der Waals surface area contributed by atoms with Crippen molar-refractivity contribution in [3.8, 4) is 0 Å². The van der Waals surface area contributed by atoms with Gasteiger partial charge in [-0.3, -0.25) is 4.79 Å². The van der Waals surface area contributed by atoms with Gasteiger partial charge in [-0.25, -0.2) is 9.59 Å². The van der Waals surface area contributed by atoms with E-state index in [1.807, 2.05) is 6.92 Å². The Morgan fingerprint density at radius 3 is 2.80 bits per heavy atom. The van der Waals surface area contributed by atoms with Gasteiger partial charge >= 0.3 is 11.9 Å². The number of thioether (sulfide) groups is 1. The highest BCUT2D eigenvalue weighted by Crippen LogP contribution is 2.32. The molecule has 1 aromatic rings. The highest BCUT2D eigenvalue weighted by molar-refractivity contribution is 8.14. The molecule has 7 nitrogen and oxygen atoms in total. The number of rotatable bonds is 3. The van der Waals surface area contributed by atoms with E-state index in [1.54, 1.807) is 4.57 Å². The van der Waals surface area contributed by atoms with Crippen molar-refractivity contribution in [2.45, 2.75) is 31.8 Å². The van der Waals surface area contributed by atoms with Crippen molar-refractivity contribution < 1.29 is 19.5 Å². The predicted octanol–water partition coefficient (Wildman–Crippen LogP) is 1.09. The first kappa shape index (κ1) is 14.3. The second-order valence-corrected chi connectivity index (χ2v) is 5.16. The minimum absolute atomic E-state index is 0.174. The van der Waals surface area contributed by atoms with Crippen LogP contribution in [0.25, 0.3) is 0 Å². The van der Waals surface area contributed by atoms with E-state index in [0.29, 0.717) is 22.2 Å². The Morgan fingerprint density at radius 2 is 2.25 bits per heavy atom. The van der Waals surface area contributed by atoms with Crippen LogP contribution in [-0.4, -0.2) is 26.7 Å². The van der Waals surface area contributed by atoms with Gasteiger partial charge in [0.25, 0.3) is 0 Å². The van der Waals surface area contributed by atoms with Gasteiger partial charge in [-0.1, -0.05) is 16.9 Å². The van der Waals surface area contributed by atoms with Crippen LogP contribution in [0.4, 0.5) is 0 Å². The molecule has 2 rings (SSSR count). The van der Waals surface area contributed by atoms with Gasteiger partial charge in [0.05, 0.1) is 5.03 Å². The van der Waals surface area contributed by atoms with Gasteiger partial charge in [-0.2, -0.15) is 0 Å². The van der Waals surface area contributed by atoms with E-state index in [2.05, 4.69) is 9.99 Å². The van der Waals surface area contributed by atoms with E-state index in [4.69, 9.17) is 5.11 Å². The molecule has 0 aromatic carbocycles. The number of aromatic carboxylic acids is 1. The van der Waals surface area contributed by atoms with Crippen LogP contribution in [-0.2, 0) is 22.6 Å². The van der Waals surface area contributed by atoms with Crippen molar-refractivity contribution in [3.05, 3.63) is 27.5 Å². The highest BCUT2D eigenvalue weighted by atomic mass is 32.2. The summed E-state index contributed by atoms with van der Waals surface area (Å²) in [5.41, 5.74) is -0.402. The zero-order chi connectivity index (χ0) is 14.9. The first-order chi connectivity index (χ1) is 9.43. The molecular formula is C12H12N2O5S. The molecule has 20 heavy (non-hydrogen) atoms. The molecule has 0 aliphatic carbocycles. The number of aromatic nitrogens is 1. The second kappa shape index (κ2) is 5.49. The summed E-state index contributed by atoms with van der Waals surface area (Å²) in [7, 11) is 0. The standard InChI is InChI=1S/C12H12N2O5S/c1-3-14-5-8(12(17)18)10(16)7-4-9(20-11(7)14)13-19-6(2)15/h5H,3-4H2,1-2H3,(H,17,18). The number of fused-ring (bicyclic) bond motifs is 1. The minimum Gasteiger partial charge on any atom is -0.477 e. The van der Waals surface area contributed by atoms with Crippen LogP contribution >= 0.6 is 11.8 Å². The molecule has 2 heterocycles. The Bertz CT molecular complexity index is 677. The smallest absolute Gasteiger partial charge is 0.341 e. The molecule has 0 bridgehead atoms. The number of carbonyl (C=O) groups excluding carboxylic acids is 1. The third-order valence-corrected chi connectivity index (χ3v) is 3.84. The molecule has 0 atom stereocenters. The number of hydrogen-bond donors (Lipinski definition) is 1. The molecule has 0 saturated heterocycles. The van der Waals surface area contributed by atoms with Gasteiger partial charge in [-0.15, -0.1) is 0 Å². The average molecular weight is 296 g/mol. The Hall–Kier alpha value is -2.09. The third-order valence-electron chi connectivity index (χ3n) is 2.71. The minimum atomic E-state index is -1.25. The number of oxime groups is 1. The lowest BCUT2D eigenvalue weighted by molar-refractivity contribution is -0.140. The van der Waals surface area contributed by atoms with Crippen molar-refractivity contribution >= 4 is 28.7 Å². The maximum Gasteiger partial charge on any atom is 0.341 e. The highest BCUT2D eigenvalue weighted by Gasteiger charge is 2.27. The van der Waals surface area contributed by atoms with Crippen LogP contribution in [0, 0.1) is 0 Å². The monoisotopic (exact) mass is 296 g/mol. The fourth-order valence-electron chi connectivity index (χ4n) is 1.83. The lowest BCUT2D eigenvalue weighted by Gasteiger charge is -2.09. The van der Waals surface area contributed by atoms with Crippen LogP contribution in [0.15, 0.2) is 21.2 Å². The molecule has 1 aliphatic heterocycles. The molecule has 0 saturated carbocycles. The van der Waals surface area contributed by atoms with Crippen molar-refractivity contribution in [2.24, 2.45) is 5.16 Å². The van der Waals surface area contributed by atoms with E-state index in [9.17, 15) is 14.4 Å². The summed E-state index contributed by atoms with van der Waals surface area (Å²) in [6.45, 7) is 3.60. The Kier molecular flexibility index (Phi) is 3.93. The summed E-state index contributed by atoms with van der Waals surface area (Å²) < 4.78 is 1.68. The van der Waals surface area contributed by atoms with Gasteiger partial charge in [0.2, 0.25) is 5.43 Å². The quantitative estimate of drug-likeness (QED) is 0.662. The van der Waals surface area contributed by atoms with Crippen molar-refractivity contribution in [1.82, 2.24) is 4.57 Å². The second-order valence-electron chi connectivity index (χ2n) is 4.09.